The third-order valence-electron chi connectivity index (χ3n) is 4.02. The number of hydrogen-bond donors (Lipinski definition) is 1. The van der Waals surface area contributed by atoms with E-state index in [0.717, 1.165) is 0 Å². The quantitative estimate of drug-likeness (QED) is 0.790. The van der Waals surface area contributed by atoms with Gasteiger partial charge in [-0.1, -0.05) is 6.07 Å². The Kier molecular flexibility index (Phi) is 3.63. The van der Waals surface area contributed by atoms with Gasteiger partial charge >= 0.3 is 0 Å². The average Bonchev–Trinajstić information content (AvgIpc) is 3.00. The van der Waals surface area contributed by atoms with Crippen molar-refractivity contribution in [3.05, 3.63) is 48.0 Å². The number of nitriles is 1. The maximum atomic E-state index is 14.0. The summed E-state index contributed by atoms with van der Waals surface area (Å²) in [6.07, 6.45) is 1.62. The number of aromatic nitrogens is 3. The summed E-state index contributed by atoms with van der Waals surface area (Å²) in [4.78, 5) is 16.2. The molecule has 1 aliphatic rings. The van der Waals surface area contributed by atoms with Crippen molar-refractivity contribution in [3.63, 3.8) is 0 Å². The van der Waals surface area contributed by atoms with E-state index >= 15 is 0 Å². The lowest BCUT2D eigenvalue weighted by molar-refractivity contribution is -0.139. The molecule has 7 nitrogen and oxygen atoms in total. The molecule has 0 radical (unpaired) electrons. The molecule has 4 rings (SSSR count). The van der Waals surface area contributed by atoms with Gasteiger partial charge in [-0.2, -0.15) is 10.4 Å². The molecule has 1 aromatic carbocycles. The van der Waals surface area contributed by atoms with Crippen molar-refractivity contribution >= 4 is 17.2 Å². The van der Waals surface area contributed by atoms with E-state index in [-0.39, 0.29) is 11.5 Å². The second-order valence-corrected chi connectivity index (χ2v) is 5.60. The number of ether oxygens (including phenoxy) is 1. The van der Waals surface area contributed by atoms with Crippen LogP contribution in [0.4, 0.5) is 10.1 Å². The highest BCUT2D eigenvalue weighted by atomic mass is 19.1. The van der Waals surface area contributed by atoms with Crippen molar-refractivity contribution in [2.45, 2.75) is 12.5 Å². The lowest BCUT2D eigenvalue weighted by Crippen LogP contribution is -2.38. The van der Waals surface area contributed by atoms with Crippen LogP contribution >= 0.6 is 0 Å². The van der Waals surface area contributed by atoms with E-state index in [4.69, 9.17) is 10.00 Å². The maximum Gasteiger partial charge on any atom is 0.253 e. The van der Waals surface area contributed by atoms with Crippen LogP contribution in [0.5, 0.6) is 0 Å². The molecule has 0 spiro atoms. The van der Waals surface area contributed by atoms with Crippen LogP contribution in [0.3, 0.4) is 0 Å². The third kappa shape index (κ3) is 2.70. The fourth-order valence-corrected chi connectivity index (χ4v) is 2.63. The first-order valence-corrected chi connectivity index (χ1v) is 7.62. The number of benzene rings is 1. The zero-order valence-electron chi connectivity index (χ0n) is 12.9. The smallest absolute Gasteiger partial charge is 0.253 e. The molecule has 1 N–H and O–H groups in total. The molecule has 1 atom stereocenters. The Bertz CT molecular complexity index is 1020. The summed E-state index contributed by atoms with van der Waals surface area (Å²) in [5.74, 6) is -0.849. The minimum absolute atomic E-state index is 0.0369. The first-order chi connectivity index (χ1) is 12.2. The first kappa shape index (κ1) is 15.2. The number of anilines is 1. The van der Waals surface area contributed by atoms with Crippen molar-refractivity contribution in [2.75, 3.05) is 11.9 Å². The van der Waals surface area contributed by atoms with Crippen LogP contribution in [-0.2, 0) is 9.53 Å². The zero-order valence-corrected chi connectivity index (χ0v) is 12.9. The topological polar surface area (TPSA) is 92.3 Å². The normalized spacial score (nSPS) is 16.2. The van der Waals surface area contributed by atoms with Gasteiger partial charge in [-0.3, -0.25) is 4.79 Å². The Morgan fingerprint density at radius 1 is 1.40 bits per heavy atom. The monoisotopic (exact) mass is 337 g/mol. The highest BCUT2D eigenvalue weighted by molar-refractivity contribution is 5.95. The molecule has 1 fully saturated rings. The molecule has 0 saturated carbocycles. The van der Waals surface area contributed by atoms with Gasteiger partial charge in [0.15, 0.2) is 5.65 Å². The van der Waals surface area contributed by atoms with E-state index in [1.165, 1.54) is 23.0 Å². The van der Waals surface area contributed by atoms with Crippen LogP contribution in [0, 0.1) is 17.1 Å². The van der Waals surface area contributed by atoms with Gasteiger partial charge in [-0.25, -0.2) is 13.9 Å². The summed E-state index contributed by atoms with van der Waals surface area (Å²) in [5.41, 5.74) is 2.05. The number of hydrogen-bond acceptors (Lipinski definition) is 5. The lowest BCUT2D eigenvalue weighted by Gasteiger charge is -2.25. The summed E-state index contributed by atoms with van der Waals surface area (Å²) in [6, 6.07) is 9.43. The Labute approximate surface area is 141 Å². The van der Waals surface area contributed by atoms with Crippen molar-refractivity contribution in [2.24, 2.45) is 0 Å². The molecule has 1 amide bonds. The van der Waals surface area contributed by atoms with Gasteiger partial charge < -0.3 is 10.1 Å². The number of fused-ring (bicyclic) bond motifs is 1. The molecule has 8 heteroatoms. The molecule has 3 heterocycles. The average molecular weight is 337 g/mol. The van der Waals surface area contributed by atoms with Crippen LogP contribution in [0.25, 0.3) is 16.9 Å². The Morgan fingerprint density at radius 2 is 2.24 bits per heavy atom. The van der Waals surface area contributed by atoms with Crippen molar-refractivity contribution in [1.29, 1.82) is 5.26 Å². The molecular weight excluding hydrogens is 325 g/mol. The van der Waals surface area contributed by atoms with Crippen LogP contribution < -0.4 is 5.32 Å². The maximum absolute atomic E-state index is 14.0. The molecule has 0 aliphatic carbocycles. The first-order valence-electron chi connectivity index (χ1n) is 7.62. The van der Waals surface area contributed by atoms with Gasteiger partial charge in [0.05, 0.1) is 17.9 Å². The SMILES string of the molecule is N#Cc1ccc(-c2cc(NC(=O)C3CCO3)cc3ncnn23)cc1F. The zero-order chi connectivity index (χ0) is 17.4. The predicted molar refractivity (Wildman–Crippen MR) is 86.1 cm³/mol. The van der Waals surface area contributed by atoms with Gasteiger partial charge in [0.1, 0.15) is 24.3 Å². The number of rotatable bonds is 3. The van der Waals surface area contributed by atoms with E-state index in [1.54, 1.807) is 24.3 Å². The second-order valence-electron chi connectivity index (χ2n) is 5.60. The van der Waals surface area contributed by atoms with Crippen molar-refractivity contribution in [1.82, 2.24) is 14.6 Å². The molecule has 0 bridgehead atoms. The highest BCUT2D eigenvalue weighted by Gasteiger charge is 2.26. The number of pyridine rings is 1. The van der Waals surface area contributed by atoms with E-state index < -0.39 is 11.9 Å². The Hall–Kier alpha value is -3.31. The van der Waals surface area contributed by atoms with Gasteiger partial charge in [-0.15, -0.1) is 0 Å². The summed E-state index contributed by atoms with van der Waals surface area (Å²) < 4.78 is 20.7. The van der Waals surface area contributed by atoms with Gasteiger partial charge in [0.2, 0.25) is 0 Å². The lowest BCUT2D eigenvalue weighted by atomic mass is 10.1. The third-order valence-corrected chi connectivity index (χ3v) is 4.02. The summed E-state index contributed by atoms with van der Waals surface area (Å²) >= 11 is 0. The minimum Gasteiger partial charge on any atom is -0.368 e. The molecule has 124 valence electrons. The molecular formula is C17H12FN5O2. The number of halogens is 1. The molecule has 2 aromatic heterocycles. The number of nitrogens with zero attached hydrogens (tertiary/aromatic N) is 4. The summed E-state index contributed by atoms with van der Waals surface area (Å²) in [5, 5.41) is 15.8. The number of amides is 1. The largest absolute Gasteiger partial charge is 0.368 e. The standard InChI is InChI=1S/C17H12FN5O2/c18-13-5-10(1-2-11(13)8-19)14-6-12(7-16-20-9-21-23(14)16)22-17(24)15-3-4-25-15/h1-2,5-7,9,15H,3-4H2,(H,22,24). The van der Waals surface area contributed by atoms with Gasteiger partial charge in [-0.05, 0) is 18.2 Å². The van der Waals surface area contributed by atoms with Gasteiger partial charge in [0.25, 0.3) is 5.91 Å². The van der Waals surface area contributed by atoms with E-state index in [1.807, 2.05) is 0 Å². The van der Waals surface area contributed by atoms with Crippen LogP contribution in [0.1, 0.15) is 12.0 Å². The fraction of sp³-hybridized carbons (Fsp3) is 0.176. The van der Waals surface area contributed by atoms with E-state index in [2.05, 4.69) is 15.4 Å². The van der Waals surface area contributed by atoms with Crippen LogP contribution in [0.15, 0.2) is 36.7 Å². The number of nitrogens with one attached hydrogen (secondary N) is 1. The van der Waals surface area contributed by atoms with Crippen molar-refractivity contribution in [3.8, 4) is 17.3 Å². The van der Waals surface area contributed by atoms with Crippen molar-refractivity contribution < 1.29 is 13.9 Å². The molecule has 3 aromatic rings. The molecule has 25 heavy (non-hydrogen) atoms. The number of carbonyl (C=O) groups is 1. The van der Waals surface area contributed by atoms with E-state index in [9.17, 15) is 9.18 Å². The second kappa shape index (κ2) is 5.96. The summed E-state index contributed by atoms with van der Waals surface area (Å²) in [6.45, 7) is 0.580. The molecule has 1 unspecified atom stereocenters. The van der Waals surface area contributed by atoms with Crippen LogP contribution in [-0.4, -0.2) is 33.2 Å². The highest BCUT2D eigenvalue weighted by Crippen LogP contribution is 2.26. The predicted octanol–water partition coefficient (Wildman–Crippen LogP) is 2.13. The molecule has 1 saturated heterocycles. The Morgan fingerprint density at radius 3 is 2.92 bits per heavy atom. The van der Waals surface area contributed by atoms with Gasteiger partial charge in [0, 0.05) is 23.7 Å². The molecule has 1 aliphatic heterocycles. The Balaban J connectivity index is 1.77. The fourth-order valence-electron chi connectivity index (χ4n) is 2.63. The minimum atomic E-state index is -0.620. The van der Waals surface area contributed by atoms with E-state index in [0.29, 0.717) is 35.6 Å². The summed E-state index contributed by atoms with van der Waals surface area (Å²) in [7, 11) is 0. The van der Waals surface area contributed by atoms with Crippen LogP contribution in [0.2, 0.25) is 0 Å². The number of carbonyl (C=O) groups excluding carboxylic acids is 1.